The quantitative estimate of drug-likeness (QED) is 0.197. The lowest BCUT2D eigenvalue weighted by Crippen LogP contribution is -2.25. The Balaban J connectivity index is 1.61. The second kappa shape index (κ2) is 12.7. The highest BCUT2D eigenvalue weighted by Gasteiger charge is 2.24. The van der Waals surface area contributed by atoms with E-state index >= 15 is 0 Å². The summed E-state index contributed by atoms with van der Waals surface area (Å²) in [5.74, 6) is 1.40. The van der Waals surface area contributed by atoms with Crippen LogP contribution in [0.4, 0.5) is 0 Å². The Kier molecular flexibility index (Phi) is 10.2. The van der Waals surface area contributed by atoms with Gasteiger partial charge >= 0.3 is 0 Å². The summed E-state index contributed by atoms with van der Waals surface area (Å²) in [6.07, 6.45) is -1.52. The van der Waals surface area contributed by atoms with Crippen LogP contribution in [0.5, 0.6) is 11.5 Å². The van der Waals surface area contributed by atoms with Gasteiger partial charge in [0.1, 0.15) is 40.6 Å². The highest BCUT2D eigenvalue weighted by molar-refractivity contribution is 14.1. The zero-order valence-electron chi connectivity index (χ0n) is 19.4. The molecule has 0 saturated heterocycles. The van der Waals surface area contributed by atoms with Crippen LogP contribution in [-0.2, 0) is 18.6 Å². The van der Waals surface area contributed by atoms with Crippen molar-refractivity contribution in [2.24, 2.45) is 0 Å². The largest absolute Gasteiger partial charge is 0.491 e. The number of aliphatic hydroxyl groups excluding tert-OH is 3. The number of hydrogen-bond acceptors (Lipinski definition) is 7. The van der Waals surface area contributed by atoms with Gasteiger partial charge in [-0.25, -0.2) is 4.68 Å². The van der Waals surface area contributed by atoms with Gasteiger partial charge in [0.2, 0.25) is 0 Å². The van der Waals surface area contributed by atoms with Crippen LogP contribution in [0.25, 0.3) is 0 Å². The third-order valence-corrected chi connectivity index (χ3v) is 7.42. The van der Waals surface area contributed by atoms with Crippen LogP contribution in [0.15, 0.2) is 46.9 Å². The van der Waals surface area contributed by atoms with Crippen molar-refractivity contribution in [3.05, 3.63) is 67.5 Å². The van der Waals surface area contributed by atoms with Gasteiger partial charge in [-0.3, -0.25) is 0 Å². The van der Waals surface area contributed by atoms with Crippen molar-refractivity contribution in [2.75, 3.05) is 19.1 Å². The van der Waals surface area contributed by atoms with E-state index < -0.39 is 12.2 Å². The Labute approximate surface area is 231 Å². The molecule has 1 heterocycles. The topological polar surface area (TPSA) is 110 Å². The maximum atomic E-state index is 10.3. The molecule has 0 unspecified atom stereocenters. The zero-order chi connectivity index (χ0) is 25.6. The summed E-state index contributed by atoms with van der Waals surface area (Å²) in [7, 11) is 0. The number of rotatable bonds is 12. The van der Waals surface area contributed by atoms with E-state index in [1.54, 1.807) is 0 Å². The molecule has 0 aliphatic rings. The minimum Gasteiger partial charge on any atom is -0.491 e. The second-order valence-corrected chi connectivity index (χ2v) is 10.7. The van der Waals surface area contributed by atoms with Crippen LogP contribution in [0.2, 0.25) is 0 Å². The normalized spacial score (nSPS) is 13.5. The molecule has 0 bridgehead atoms. The Morgan fingerprint density at radius 2 is 1.71 bits per heavy atom. The molecule has 1 aromatic heterocycles. The van der Waals surface area contributed by atoms with Crippen LogP contribution in [0.3, 0.4) is 0 Å². The van der Waals surface area contributed by atoms with Crippen molar-refractivity contribution in [3.8, 4) is 11.5 Å². The summed E-state index contributed by atoms with van der Waals surface area (Å²) >= 11 is 11.2. The van der Waals surface area contributed by atoms with Crippen molar-refractivity contribution < 1.29 is 24.8 Å². The first kappa shape index (κ1) is 28.1. The molecule has 35 heavy (non-hydrogen) atoms. The van der Waals surface area contributed by atoms with Gasteiger partial charge in [-0.05, 0) is 73.9 Å². The highest BCUT2D eigenvalue weighted by atomic mass is 123. The predicted molar refractivity (Wildman–Crippen MR) is 145 cm³/mol. The third kappa shape index (κ3) is 7.30. The summed E-state index contributed by atoms with van der Waals surface area (Å²) in [5.41, 5.74) is 2.45. The molecular weight excluding hydrogens is 649 g/mol. The van der Waals surface area contributed by atoms with Gasteiger partial charge in [-0.2, -0.15) is 0 Å². The van der Waals surface area contributed by atoms with Gasteiger partial charge in [-0.1, -0.05) is 37.3 Å². The first-order valence-corrected chi connectivity index (χ1v) is 13.3. The maximum absolute atomic E-state index is 10.3. The summed E-state index contributed by atoms with van der Waals surface area (Å²) in [6, 6.07) is 13.6. The van der Waals surface area contributed by atoms with E-state index in [4.69, 9.17) is 21.1 Å². The van der Waals surface area contributed by atoms with Gasteiger partial charge < -0.3 is 24.8 Å². The lowest BCUT2D eigenvalue weighted by molar-refractivity contribution is 0.0866. The minimum atomic E-state index is -0.808. The number of benzene rings is 2. The van der Waals surface area contributed by atoms with E-state index in [-0.39, 0.29) is 37.7 Å². The molecule has 2 atom stereocenters. The Hall–Kier alpha value is -1.44. The molecule has 11 heteroatoms. The molecule has 0 aliphatic heterocycles. The van der Waals surface area contributed by atoms with Crippen molar-refractivity contribution >= 4 is 50.1 Å². The van der Waals surface area contributed by atoms with Gasteiger partial charge in [0, 0.05) is 5.41 Å². The average molecular weight is 677 g/mol. The minimum absolute atomic E-state index is 0.0802. The van der Waals surface area contributed by atoms with Crippen LogP contribution in [0.1, 0.15) is 30.7 Å². The molecule has 190 valence electrons. The van der Waals surface area contributed by atoms with Crippen LogP contribution >= 0.6 is 50.1 Å². The van der Waals surface area contributed by atoms with Gasteiger partial charge in [0.05, 0.1) is 29.2 Å². The lowest BCUT2D eigenvalue weighted by Gasteiger charge is -2.27. The number of alkyl halides is 1. The van der Waals surface area contributed by atoms with Gasteiger partial charge in [-0.15, -0.1) is 16.7 Å². The fraction of sp³-hybridized carbons (Fsp3) is 0.417. The van der Waals surface area contributed by atoms with Crippen molar-refractivity contribution in [1.29, 1.82) is 0 Å². The fourth-order valence-corrected chi connectivity index (χ4v) is 4.55. The first-order valence-electron chi connectivity index (χ1n) is 10.9. The van der Waals surface area contributed by atoms with Crippen molar-refractivity contribution in [1.82, 2.24) is 15.0 Å². The van der Waals surface area contributed by atoms with Gasteiger partial charge in [0.15, 0.2) is 0 Å². The number of ether oxygens (including phenoxy) is 2. The third-order valence-electron chi connectivity index (χ3n) is 5.60. The monoisotopic (exact) mass is 675 g/mol. The number of hydrogen-bond donors (Lipinski definition) is 3. The molecule has 0 spiro atoms. The average Bonchev–Trinajstić information content (AvgIpc) is 3.20. The molecule has 0 radical (unpaired) electrons. The summed E-state index contributed by atoms with van der Waals surface area (Å²) in [5, 5.41) is 37.2. The second-order valence-electron chi connectivity index (χ2n) is 8.55. The molecular formula is C24H28BrClIN3O5. The standard InChI is InChI=1S/C24H28BrClIN3O5/c1-24(2,16-5-8-22(20(25)9-16)35-13-17(32)10-26)15-3-6-19(7-4-15)34-14-18(33)11-30-21(12-31)23(27)28-29-30/h3-9,17-18,31-33H,10-14H2,1-2H3/t17-,18+/m1/s1/i27-4. The fourth-order valence-electron chi connectivity index (χ4n) is 3.42. The maximum Gasteiger partial charge on any atom is 0.149 e. The summed E-state index contributed by atoms with van der Waals surface area (Å²) in [6.45, 7) is 4.45. The summed E-state index contributed by atoms with van der Waals surface area (Å²) in [4.78, 5) is 0. The van der Waals surface area contributed by atoms with Crippen LogP contribution in [-0.4, -0.2) is 61.6 Å². The van der Waals surface area contributed by atoms with Crippen molar-refractivity contribution in [2.45, 2.75) is 44.6 Å². The molecule has 0 aliphatic carbocycles. The van der Waals surface area contributed by atoms with E-state index in [0.717, 1.165) is 15.6 Å². The molecule has 3 rings (SSSR count). The number of aliphatic hydroxyl groups is 3. The molecule has 3 aromatic rings. The Bertz CT molecular complexity index is 1110. The first-order chi connectivity index (χ1) is 16.6. The predicted octanol–water partition coefficient (Wildman–Crippen LogP) is 3.88. The molecule has 3 N–H and O–H groups in total. The molecule has 0 saturated carbocycles. The number of nitrogens with zero attached hydrogens (tertiary/aromatic N) is 3. The van der Waals surface area contributed by atoms with Gasteiger partial charge in [0.25, 0.3) is 0 Å². The number of aromatic nitrogens is 3. The van der Waals surface area contributed by atoms with E-state index in [9.17, 15) is 15.3 Å². The van der Waals surface area contributed by atoms with E-state index in [2.05, 4.69) is 40.1 Å². The highest BCUT2D eigenvalue weighted by Crippen LogP contribution is 2.36. The molecule has 0 fully saturated rings. The Morgan fingerprint density at radius 1 is 1.06 bits per heavy atom. The zero-order valence-corrected chi connectivity index (χ0v) is 23.9. The van der Waals surface area contributed by atoms with Crippen LogP contribution in [0, 0.1) is 3.70 Å². The Morgan fingerprint density at radius 3 is 2.34 bits per heavy atom. The molecule has 2 aromatic carbocycles. The number of halogens is 3. The SMILES string of the molecule is CC(C)(c1ccc(OC[C@@H](O)Cn2nnc([123I])c2CO)cc1)c1ccc(OC[C@H](O)CCl)c(Br)c1. The van der Waals surface area contributed by atoms with Crippen molar-refractivity contribution in [3.63, 3.8) is 0 Å². The van der Waals surface area contributed by atoms with E-state index in [0.29, 0.717) is 20.9 Å². The van der Waals surface area contributed by atoms with Crippen LogP contribution < -0.4 is 9.47 Å². The smallest absolute Gasteiger partial charge is 0.149 e. The molecule has 8 nitrogen and oxygen atoms in total. The lowest BCUT2D eigenvalue weighted by atomic mass is 9.78. The van der Waals surface area contributed by atoms with E-state index in [1.807, 2.05) is 65.1 Å². The van der Waals surface area contributed by atoms with E-state index in [1.165, 1.54) is 4.68 Å². The molecule has 0 amide bonds. The summed E-state index contributed by atoms with van der Waals surface area (Å²) < 4.78 is 14.3.